The van der Waals surface area contributed by atoms with E-state index in [2.05, 4.69) is 5.32 Å². The van der Waals surface area contributed by atoms with Gasteiger partial charge in [-0.1, -0.05) is 24.3 Å². The lowest BCUT2D eigenvalue weighted by atomic mass is 10.1. The van der Waals surface area contributed by atoms with Crippen molar-refractivity contribution in [3.63, 3.8) is 0 Å². The summed E-state index contributed by atoms with van der Waals surface area (Å²) in [5, 5.41) is 2.78. The minimum Gasteiger partial charge on any atom is -0.490 e. The molecule has 6 nitrogen and oxygen atoms in total. The summed E-state index contributed by atoms with van der Waals surface area (Å²) in [6, 6.07) is 14.5. The van der Waals surface area contributed by atoms with Crippen molar-refractivity contribution < 1.29 is 19.1 Å². The van der Waals surface area contributed by atoms with Gasteiger partial charge in [-0.25, -0.2) is 0 Å². The number of hydrogen-bond acceptors (Lipinski definition) is 4. The van der Waals surface area contributed by atoms with Gasteiger partial charge in [0, 0.05) is 26.1 Å². The fourth-order valence-electron chi connectivity index (χ4n) is 2.80. The van der Waals surface area contributed by atoms with E-state index in [9.17, 15) is 9.59 Å². The van der Waals surface area contributed by atoms with Crippen LogP contribution in [0.3, 0.4) is 0 Å². The van der Waals surface area contributed by atoms with Gasteiger partial charge >= 0.3 is 0 Å². The van der Waals surface area contributed by atoms with Crippen LogP contribution < -0.4 is 14.8 Å². The molecule has 0 unspecified atom stereocenters. The summed E-state index contributed by atoms with van der Waals surface area (Å²) in [7, 11) is 0. The van der Waals surface area contributed by atoms with Crippen molar-refractivity contribution in [3.8, 4) is 17.2 Å². The van der Waals surface area contributed by atoms with Crippen LogP contribution in [-0.2, 0) is 4.79 Å². The first-order valence-electron chi connectivity index (χ1n) is 8.73. The summed E-state index contributed by atoms with van der Waals surface area (Å²) >= 11 is 0. The molecule has 0 aliphatic carbocycles. The Morgan fingerprint density at radius 2 is 1.73 bits per heavy atom. The highest BCUT2D eigenvalue weighted by Crippen LogP contribution is 2.33. The van der Waals surface area contributed by atoms with Crippen molar-refractivity contribution >= 4 is 11.8 Å². The first kappa shape index (κ1) is 17.8. The van der Waals surface area contributed by atoms with Gasteiger partial charge in [0.1, 0.15) is 5.75 Å². The Kier molecular flexibility index (Phi) is 5.73. The maximum atomic E-state index is 13.0. The van der Waals surface area contributed by atoms with Gasteiger partial charge in [0.2, 0.25) is 5.91 Å². The quantitative estimate of drug-likeness (QED) is 0.897. The highest BCUT2D eigenvalue weighted by atomic mass is 16.5. The van der Waals surface area contributed by atoms with E-state index in [0.717, 1.165) is 0 Å². The third-order valence-electron chi connectivity index (χ3n) is 4.09. The lowest BCUT2D eigenvalue weighted by Crippen LogP contribution is -2.34. The van der Waals surface area contributed by atoms with Crippen LogP contribution in [0.2, 0.25) is 0 Å². The van der Waals surface area contributed by atoms with Crippen molar-refractivity contribution in [2.24, 2.45) is 0 Å². The lowest BCUT2D eigenvalue weighted by molar-refractivity contribution is -0.120. The number of carbonyl (C=O) groups is 2. The predicted molar refractivity (Wildman–Crippen MR) is 97.7 cm³/mol. The molecule has 1 N–H and O–H groups in total. The Balaban J connectivity index is 1.84. The first-order valence-corrected chi connectivity index (χ1v) is 8.73. The Labute approximate surface area is 152 Å². The van der Waals surface area contributed by atoms with Crippen LogP contribution >= 0.6 is 0 Å². The van der Waals surface area contributed by atoms with Crippen molar-refractivity contribution in [2.45, 2.75) is 13.3 Å². The molecule has 0 atom stereocenters. The van der Waals surface area contributed by atoms with E-state index in [1.807, 2.05) is 31.2 Å². The molecule has 1 fully saturated rings. The third-order valence-corrected chi connectivity index (χ3v) is 4.09. The number of nitrogens with zero attached hydrogens (tertiary/aromatic N) is 1. The van der Waals surface area contributed by atoms with Gasteiger partial charge in [-0.15, -0.1) is 0 Å². The molecule has 0 aromatic heterocycles. The standard InChI is InChI=1S/C20H22N2O4/c1-2-25-17-9-5-6-10-18(17)26-16-8-4-3-7-15(16)20(24)22-13-11-19(23)21-12-14-22/h3-10H,2,11-14H2,1H3,(H,21,23). The third kappa shape index (κ3) is 4.14. The minimum atomic E-state index is -0.147. The number of nitrogens with one attached hydrogen (secondary N) is 1. The molecule has 0 saturated carbocycles. The van der Waals surface area contributed by atoms with E-state index < -0.39 is 0 Å². The molecule has 1 saturated heterocycles. The van der Waals surface area contributed by atoms with E-state index in [1.165, 1.54) is 0 Å². The van der Waals surface area contributed by atoms with Crippen LogP contribution in [0.1, 0.15) is 23.7 Å². The smallest absolute Gasteiger partial charge is 0.257 e. The van der Waals surface area contributed by atoms with Crippen LogP contribution in [0.15, 0.2) is 48.5 Å². The Bertz CT molecular complexity index is 791. The second-order valence-corrected chi connectivity index (χ2v) is 5.87. The number of hydrogen-bond donors (Lipinski definition) is 1. The average Bonchev–Trinajstić information content (AvgIpc) is 2.88. The number of rotatable bonds is 5. The summed E-state index contributed by atoms with van der Waals surface area (Å²) < 4.78 is 11.6. The monoisotopic (exact) mass is 354 g/mol. The molecule has 0 bridgehead atoms. The molecule has 1 aliphatic rings. The van der Waals surface area contributed by atoms with E-state index in [4.69, 9.17) is 9.47 Å². The second kappa shape index (κ2) is 8.38. The second-order valence-electron chi connectivity index (χ2n) is 5.87. The SMILES string of the molecule is CCOc1ccccc1Oc1ccccc1C(=O)N1CCNC(=O)CC1. The van der Waals surface area contributed by atoms with Gasteiger partial charge in [0.25, 0.3) is 5.91 Å². The summed E-state index contributed by atoms with van der Waals surface area (Å²) in [6.07, 6.45) is 0.307. The van der Waals surface area contributed by atoms with Crippen molar-refractivity contribution in [2.75, 3.05) is 26.2 Å². The number of carbonyl (C=O) groups excluding carboxylic acids is 2. The molecular formula is C20H22N2O4. The zero-order valence-corrected chi connectivity index (χ0v) is 14.7. The Morgan fingerprint density at radius 1 is 1.04 bits per heavy atom. The van der Waals surface area contributed by atoms with Crippen molar-refractivity contribution in [1.82, 2.24) is 10.2 Å². The van der Waals surface area contributed by atoms with Crippen molar-refractivity contribution in [3.05, 3.63) is 54.1 Å². The number of benzene rings is 2. The molecule has 1 aliphatic heterocycles. The molecule has 0 spiro atoms. The molecule has 0 radical (unpaired) electrons. The highest BCUT2D eigenvalue weighted by Gasteiger charge is 2.23. The summed E-state index contributed by atoms with van der Waals surface area (Å²) in [5.74, 6) is 1.47. The summed E-state index contributed by atoms with van der Waals surface area (Å²) in [6.45, 7) is 3.77. The van der Waals surface area contributed by atoms with Crippen LogP contribution in [0.25, 0.3) is 0 Å². The molecule has 2 aromatic rings. The maximum absolute atomic E-state index is 13.0. The van der Waals surface area contributed by atoms with Gasteiger partial charge in [0.15, 0.2) is 11.5 Å². The number of ether oxygens (including phenoxy) is 2. The van der Waals surface area contributed by atoms with E-state index in [1.54, 1.807) is 29.2 Å². The first-order chi connectivity index (χ1) is 12.7. The van der Waals surface area contributed by atoms with Gasteiger partial charge in [0.05, 0.1) is 12.2 Å². The number of amides is 2. The molecule has 6 heteroatoms. The zero-order valence-electron chi connectivity index (χ0n) is 14.7. The van der Waals surface area contributed by atoms with Gasteiger partial charge in [-0.3, -0.25) is 9.59 Å². The fourth-order valence-corrected chi connectivity index (χ4v) is 2.80. The Hall–Kier alpha value is -3.02. The van der Waals surface area contributed by atoms with E-state index in [0.29, 0.717) is 55.5 Å². The molecule has 2 amide bonds. The molecule has 2 aromatic carbocycles. The molecular weight excluding hydrogens is 332 g/mol. The zero-order chi connectivity index (χ0) is 18.4. The number of para-hydroxylation sites is 3. The fraction of sp³-hybridized carbons (Fsp3) is 0.300. The van der Waals surface area contributed by atoms with Crippen LogP contribution in [-0.4, -0.2) is 43.0 Å². The van der Waals surface area contributed by atoms with Gasteiger partial charge in [-0.2, -0.15) is 0 Å². The predicted octanol–water partition coefficient (Wildman–Crippen LogP) is 2.84. The topological polar surface area (TPSA) is 67.9 Å². The molecule has 1 heterocycles. The van der Waals surface area contributed by atoms with Crippen LogP contribution in [0.5, 0.6) is 17.2 Å². The summed E-state index contributed by atoms with van der Waals surface area (Å²) in [4.78, 5) is 26.1. The van der Waals surface area contributed by atoms with Gasteiger partial charge in [-0.05, 0) is 31.2 Å². The normalized spacial score (nSPS) is 14.3. The molecule has 136 valence electrons. The van der Waals surface area contributed by atoms with Gasteiger partial charge < -0.3 is 19.7 Å². The van der Waals surface area contributed by atoms with Crippen molar-refractivity contribution in [1.29, 1.82) is 0 Å². The average molecular weight is 354 g/mol. The largest absolute Gasteiger partial charge is 0.490 e. The lowest BCUT2D eigenvalue weighted by Gasteiger charge is -2.21. The van der Waals surface area contributed by atoms with E-state index >= 15 is 0 Å². The molecule has 3 rings (SSSR count). The minimum absolute atomic E-state index is 0.0320. The van der Waals surface area contributed by atoms with Crippen LogP contribution in [0.4, 0.5) is 0 Å². The highest BCUT2D eigenvalue weighted by molar-refractivity contribution is 5.97. The summed E-state index contributed by atoms with van der Waals surface area (Å²) in [5.41, 5.74) is 0.466. The van der Waals surface area contributed by atoms with E-state index in [-0.39, 0.29) is 11.8 Å². The van der Waals surface area contributed by atoms with Crippen LogP contribution in [0, 0.1) is 0 Å². The Morgan fingerprint density at radius 3 is 2.50 bits per heavy atom. The molecule has 26 heavy (non-hydrogen) atoms. The maximum Gasteiger partial charge on any atom is 0.257 e.